The molecule has 0 amide bonds. The van der Waals surface area contributed by atoms with E-state index in [0.29, 0.717) is 5.13 Å². The van der Waals surface area contributed by atoms with Gasteiger partial charge in [0.2, 0.25) is 10.8 Å². The highest BCUT2D eigenvalue weighted by molar-refractivity contribution is 7.14. The Labute approximate surface area is 117 Å². The standard InChI is InChI=1S/C12H9N5O2S/c1-8-14-15-12(20-8)13-7-10-11(18)19-16-17(10)9-5-3-2-4-6-9/h2-7H,1H3/p+1. The van der Waals surface area contributed by atoms with Crippen molar-refractivity contribution in [3.63, 3.8) is 0 Å². The quantitative estimate of drug-likeness (QED) is 0.578. The first-order valence-corrected chi connectivity index (χ1v) is 6.59. The molecule has 0 bridgehead atoms. The fourth-order valence-electron chi connectivity index (χ4n) is 1.61. The molecular weight excluding hydrogens is 278 g/mol. The maximum atomic E-state index is 11.7. The van der Waals surface area contributed by atoms with E-state index in [1.165, 1.54) is 22.2 Å². The van der Waals surface area contributed by atoms with Crippen LogP contribution in [0, 0.1) is 6.92 Å². The van der Waals surface area contributed by atoms with Crippen molar-refractivity contribution >= 4 is 22.7 Å². The molecule has 0 spiro atoms. The second-order valence-corrected chi connectivity index (χ2v) is 5.06. The number of aryl methyl sites for hydroxylation is 1. The molecular formula is C12H10N5O2S+. The summed E-state index contributed by atoms with van der Waals surface area (Å²) >= 11 is 1.34. The van der Waals surface area contributed by atoms with Crippen LogP contribution in [0.15, 0.2) is 44.6 Å². The van der Waals surface area contributed by atoms with Crippen LogP contribution in [0.5, 0.6) is 0 Å². The van der Waals surface area contributed by atoms with Crippen LogP contribution in [0.2, 0.25) is 0 Å². The molecule has 0 atom stereocenters. The monoisotopic (exact) mass is 288 g/mol. The molecule has 0 fully saturated rings. The van der Waals surface area contributed by atoms with Crippen molar-refractivity contribution in [2.45, 2.75) is 6.92 Å². The first kappa shape index (κ1) is 12.4. The van der Waals surface area contributed by atoms with E-state index in [-0.39, 0.29) is 5.69 Å². The SMILES string of the molecule is Cc1nnc(N=Cc2c(=O)o[nH][n+]2-c2ccccc2)s1. The fourth-order valence-corrected chi connectivity index (χ4v) is 2.15. The van der Waals surface area contributed by atoms with Gasteiger partial charge in [-0.15, -0.1) is 10.2 Å². The van der Waals surface area contributed by atoms with Crippen LogP contribution in [0.25, 0.3) is 5.69 Å². The summed E-state index contributed by atoms with van der Waals surface area (Å²) in [7, 11) is 0. The predicted molar refractivity (Wildman–Crippen MR) is 72.8 cm³/mol. The molecule has 3 aromatic rings. The minimum Gasteiger partial charge on any atom is -0.282 e. The minimum atomic E-state index is -0.501. The van der Waals surface area contributed by atoms with Crippen LogP contribution >= 0.6 is 11.3 Å². The summed E-state index contributed by atoms with van der Waals surface area (Å²) in [4.78, 5) is 15.8. The predicted octanol–water partition coefficient (Wildman–Crippen LogP) is 1.16. The highest BCUT2D eigenvalue weighted by Crippen LogP contribution is 2.16. The van der Waals surface area contributed by atoms with Gasteiger partial charge in [-0.05, 0) is 16.9 Å². The summed E-state index contributed by atoms with van der Waals surface area (Å²) in [6.07, 6.45) is 1.41. The Hall–Kier alpha value is -2.61. The number of aromatic nitrogens is 4. The molecule has 8 heteroatoms. The molecule has 0 aliphatic rings. The Kier molecular flexibility index (Phi) is 3.21. The Balaban J connectivity index is 2.00. The first-order chi connectivity index (χ1) is 9.74. The lowest BCUT2D eigenvalue weighted by molar-refractivity contribution is -0.671. The summed E-state index contributed by atoms with van der Waals surface area (Å²) in [6, 6.07) is 9.31. The second kappa shape index (κ2) is 5.17. The molecule has 7 nitrogen and oxygen atoms in total. The molecule has 0 saturated carbocycles. The molecule has 0 aliphatic carbocycles. The van der Waals surface area contributed by atoms with E-state index >= 15 is 0 Å². The number of para-hydroxylation sites is 1. The van der Waals surface area contributed by atoms with E-state index in [9.17, 15) is 4.79 Å². The van der Waals surface area contributed by atoms with Gasteiger partial charge < -0.3 is 0 Å². The average Bonchev–Trinajstić information content (AvgIpc) is 3.04. The van der Waals surface area contributed by atoms with E-state index in [1.807, 2.05) is 37.3 Å². The highest BCUT2D eigenvalue weighted by atomic mass is 32.1. The summed E-state index contributed by atoms with van der Waals surface area (Å²) < 4.78 is 6.32. The van der Waals surface area contributed by atoms with Crippen molar-refractivity contribution in [3.05, 3.63) is 51.5 Å². The summed E-state index contributed by atoms with van der Waals surface area (Å²) in [6.45, 7) is 1.84. The number of H-pyrrole nitrogens is 1. The van der Waals surface area contributed by atoms with E-state index < -0.39 is 5.63 Å². The van der Waals surface area contributed by atoms with Crippen molar-refractivity contribution in [2.24, 2.45) is 4.99 Å². The first-order valence-electron chi connectivity index (χ1n) is 5.77. The largest absolute Gasteiger partial charge is 0.436 e. The van der Waals surface area contributed by atoms with Gasteiger partial charge in [-0.2, -0.15) is 0 Å². The summed E-state index contributed by atoms with van der Waals surface area (Å²) in [5, 5.41) is 11.6. The van der Waals surface area contributed by atoms with Crippen molar-refractivity contribution in [2.75, 3.05) is 0 Å². The topological polar surface area (TPSA) is 88.0 Å². The van der Waals surface area contributed by atoms with Crippen molar-refractivity contribution in [1.82, 2.24) is 15.5 Å². The lowest BCUT2D eigenvalue weighted by Gasteiger charge is -1.88. The van der Waals surface area contributed by atoms with Crippen molar-refractivity contribution < 1.29 is 9.20 Å². The van der Waals surface area contributed by atoms with E-state index in [4.69, 9.17) is 4.52 Å². The molecule has 3 rings (SSSR count). The van der Waals surface area contributed by atoms with Crippen LogP contribution in [0.4, 0.5) is 5.13 Å². The Morgan fingerprint density at radius 3 is 2.85 bits per heavy atom. The number of aromatic amines is 1. The van der Waals surface area contributed by atoms with E-state index in [1.54, 1.807) is 0 Å². The van der Waals surface area contributed by atoms with Gasteiger partial charge in [0.15, 0.2) is 0 Å². The Morgan fingerprint density at radius 1 is 1.35 bits per heavy atom. The van der Waals surface area contributed by atoms with Gasteiger partial charge in [-0.3, -0.25) is 4.52 Å². The van der Waals surface area contributed by atoms with E-state index in [2.05, 4.69) is 20.5 Å². The van der Waals surface area contributed by atoms with Gasteiger partial charge in [0.25, 0.3) is 0 Å². The van der Waals surface area contributed by atoms with Gasteiger partial charge >= 0.3 is 11.3 Å². The average molecular weight is 288 g/mol. The molecule has 0 saturated heterocycles. The van der Waals surface area contributed by atoms with Crippen molar-refractivity contribution in [1.29, 1.82) is 0 Å². The Morgan fingerprint density at radius 2 is 2.15 bits per heavy atom. The molecule has 0 unspecified atom stereocenters. The molecule has 20 heavy (non-hydrogen) atoms. The fraction of sp³-hybridized carbons (Fsp3) is 0.0833. The van der Waals surface area contributed by atoms with Gasteiger partial charge in [0, 0.05) is 12.1 Å². The third kappa shape index (κ3) is 2.41. The summed E-state index contributed by atoms with van der Waals surface area (Å²) in [5.74, 6) is 0. The molecule has 100 valence electrons. The lowest BCUT2D eigenvalue weighted by atomic mass is 10.3. The number of hydrogen-bond acceptors (Lipinski definition) is 6. The lowest BCUT2D eigenvalue weighted by Crippen LogP contribution is -2.38. The normalized spacial score (nSPS) is 11.2. The smallest absolute Gasteiger partial charge is 0.282 e. The molecule has 1 aromatic carbocycles. The Bertz CT molecular complexity index is 803. The van der Waals surface area contributed by atoms with Crippen molar-refractivity contribution in [3.8, 4) is 5.69 Å². The molecule has 2 heterocycles. The van der Waals surface area contributed by atoms with Gasteiger partial charge in [0.1, 0.15) is 11.2 Å². The molecule has 0 radical (unpaired) electrons. The number of rotatable bonds is 3. The van der Waals surface area contributed by atoms with Crippen LogP contribution in [0.3, 0.4) is 0 Å². The number of hydrogen-bond donors (Lipinski definition) is 1. The third-order valence-corrected chi connectivity index (χ3v) is 3.25. The molecule has 0 aliphatic heterocycles. The summed E-state index contributed by atoms with van der Waals surface area (Å²) in [5.41, 5.74) is 0.552. The number of nitrogens with zero attached hydrogens (tertiary/aromatic N) is 4. The maximum absolute atomic E-state index is 11.7. The third-order valence-electron chi connectivity index (χ3n) is 2.51. The zero-order chi connectivity index (χ0) is 13.9. The van der Waals surface area contributed by atoms with Crippen LogP contribution in [-0.4, -0.2) is 21.7 Å². The molecule has 2 aromatic heterocycles. The van der Waals surface area contributed by atoms with Gasteiger partial charge in [-0.25, -0.2) is 9.79 Å². The maximum Gasteiger partial charge on any atom is 0.436 e. The van der Waals surface area contributed by atoms with Crippen LogP contribution < -0.4 is 10.3 Å². The zero-order valence-corrected chi connectivity index (χ0v) is 11.3. The number of benzene rings is 1. The van der Waals surface area contributed by atoms with Gasteiger partial charge in [0.05, 0.1) is 0 Å². The number of aliphatic imine (C=N–C) groups is 1. The van der Waals surface area contributed by atoms with Crippen LogP contribution in [0.1, 0.15) is 10.7 Å². The second-order valence-electron chi connectivity index (χ2n) is 3.90. The van der Waals surface area contributed by atoms with Gasteiger partial charge in [-0.1, -0.05) is 29.5 Å². The van der Waals surface area contributed by atoms with Crippen LogP contribution in [-0.2, 0) is 0 Å². The zero-order valence-electron chi connectivity index (χ0n) is 10.5. The molecule has 1 N–H and O–H groups in total. The number of nitrogens with one attached hydrogen (secondary N) is 1. The minimum absolute atomic E-state index is 0.282. The van der Waals surface area contributed by atoms with E-state index in [0.717, 1.165) is 10.7 Å². The highest BCUT2D eigenvalue weighted by Gasteiger charge is 2.21.